The van der Waals surface area contributed by atoms with Crippen LogP contribution < -0.4 is 5.32 Å². The second-order valence-corrected chi connectivity index (χ2v) is 5.95. The maximum absolute atomic E-state index is 5.54. The predicted octanol–water partition coefficient (Wildman–Crippen LogP) is 2.53. The highest BCUT2D eigenvalue weighted by molar-refractivity contribution is 9.10. The van der Waals surface area contributed by atoms with Crippen LogP contribution >= 0.6 is 15.9 Å². The average molecular weight is 330 g/mol. The fourth-order valence-corrected chi connectivity index (χ4v) is 3.26. The number of aryl methyl sites for hydroxylation is 2. The molecule has 1 aromatic heterocycles. The maximum Gasteiger partial charge on any atom is 0.0738 e. The molecule has 0 spiro atoms. The minimum absolute atomic E-state index is 0.477. The molecule has 2 unspecified atom stereocenters. The smallest absolute Gasteiger partial charge is 0.0738 e. The molecule has 0 radical (unpaired) electrons. The van der Waals surface area contributed by atoms with Crippen molar-refractivity contribution < 1.29 is 4.74 Å². The summed E-state index contributed by atoms with van der Waals surface area (Å²) in [4.78, 5) is 0. The first-order valence-electron chi connectivity index (χ1n) is 7.20. The molecule has 1 saturated heterocycles. The molecule has 19 heavy (non-hydrogen) atoms. The van der Waals surface area contributed by atoms with Gasteiger partial charge in [0, 0.05) is 31.5 Å². The number of likely N-dealkylation sites (N-methyl/N-ethyl adjacent to an activating group) is 1. The van der Waals surface area contributed by atoms with E-state index in [1.807, 2.05) is 0 Å². The van der Waals surface area contributed by atoms with E-state index in [-0.39, 0.29) is 0 Å². The molecule has 4 nitrogen and oxygen atoms in total. The van der Waals surface area contributed by atoms with E-state index < -0.39 is 0 Å². The van der Waals surface area contributed by atoms with Gasteiger partial charge < -0.3 is 10.1 Å². The summed E-state index contributed by atoms with van der Waals surface area (Å²) in [5.41, 5.74) is 2.38. The Hall–Kier alpha value is -0.390. The van der Waals surface area contributed by atoms with E-state index in [2.05, 4.69) is 51.8 Å². The van der Waals surface area contributed by atoms with Gasteiger partial charge in [0.2, 0.25) is 0 Å². The summed E-state index contributed by atoms with van der Waals surface area (Å²) in [7, 11) is 0. The van der Waals surface area contributed by atoms with E-state index in [1.54, 1.807) is 0 Å². The number of nitrogens with zero attached hydrogens (tertiary/aromatic N) is 2. The lowest BCUT2D eigenvalue weighted by molar-refractivity contribution is 0.176. The van der Waals surface area contributed by atoms with E-state index >= 15 is 0 Å². The van der Waals surface area contributed by atoms with Crippen LogP contribution in [0.4, 0.5) is 0 Å². The molecule has 1 aromatic rings. The average Bonchev–Trinajstić information content (AvgIpc) is 3.01. The molecule has 1 aliphatic rings. The van der Waals surface area contributed by atoms with Gasteiger partial charge in [0.05, 0.1) is 22.5 Å². The third-order valence-electron chi connectivity index (χ3n) is 3.87. The van der Waals surface area contributed by atoms with Gasteiger partial charge in [0.25, 0.3) is 0 Å². The van der Waals surface area contributed by atoms with E-state index in [9.17, 15) is 0 Å². The van der Waals surface area contributed by atoms with E-state index in [1.165, 1.54) is 5.69 Å². The monoisotopic (exact) mass is 329 g/mol. The van der Waals surface area contributed by atoms with Crippen LogP contribution in [0.15, 0.2) is 4.47 Å². The summed E-state index contributed by atoms with van der Waals surface area (Å²) in [6.45, 7) is 10.1. The molecule has 0 aliphatic carbocycles. The Balaban J connectivity index is 2.16. The van der Waals surface area contributed by atoms with Crippen LogP contribution in [0.2, 0.25) is 0 Å². The highest BCUT2D eigenvalue weighted by Crippen LogP contribution is 2.26. The van der Waals surface area contributed by atoms with Gasteiger partial charge in [-0.25, -0.2) is 0 Å². The molecule has 1 aliphatic heterocycles. The Kier molecular flexibility index (Phi) is 5.42. The first kappa shape index (κ1) is 15.0. The van der Waals surface area contributed by atoms with Crippen molar-refractivity contribution in [3.8, 4) is 0 Å². The van der Waals surface area contributed by atoms with Crippen molar-refractivity contribution >= 4 is 15.9 Å². The van der Waals surface area contributed by atoms with Crippen molar-refractivity contribution in [2.45, 2.75) is 46.2 Å². The van der Waals surface area contributed by atoms with Crippen LogP contribution in [-0.2, 0) is 17.7 Å². The van der Waals surface area contributed by atoms with Crippen LogP contribution in [0.1, 0.15) is 31.7 Å². The normalized spacial score (nSPS) is 20.9. The summed E-state index contributed by atoms with van der Waals surface area (Å²) in [6, 6.07) is 0.477. The molecule has 1 N–H and O–H groups in total. The third-order valence-corrected chi connectivity index (χ3v) is 4.90. The number of hydrogen-bond donors (Lipinski definition) is 1. The zero-order valence-corrected chi connectivity index (χ0v) is 13.7. The Morgan fingerprint density at radius 2 is 2.32 bits per heavy atom. The highest BCUT2D eigenvalue weighted by Gasteiger charge is 2.27. The molecule has 2 heterocycles. The molecule has 108 valence electrons. The van der Waals surface area contributed by atoms with Crippen molar-refractivity contribution in [2.75, 3.05) is 19.8 Å². The zero-order chi connectivity index (χ0) is 13.8. The molecule has 0 bridgehead atoms. The maximum atomic E-state index is 5.54. The first-order valence-corrected chi connectivity index (χ1v) is 7.99. The molecule has 5 heteroatoms. The highest BCUT2D eigenvalue weighted by atomic mass is 79.9. The number of aromatic nitrogens is 2. The van der Waals surface area contributed by atoms with Crippen LogP contribution in [-0.4, -0.2) is 35.6 Å². The van der Waals surface area contributed by atoms with E-state index in [0.29, 0.717) is 12.0 Å². The lowest BCUT2D eigenvalue weighted by atomic mass is 9.94. The fraction of sp³-hybridized carbons (Fsp3) is 0.786. The van der Waals surface area contributed by atoms with Crippen LogP contribution in [0.5, 0.6) is 0 Å². The van der Waals surface area contributed by atoms with Crippen molar-refractivity contribution in [2.24, 2.45) is 5.92 Å². The Bertz CT molecular complexity index is 413. The van der Waals surface area contributed by atoms with Crippen LogP contribution in [0.3, 0.4) is 0 Å². The van der Waals surface area contributed by atoms with Gasteiger partial charge in [-0.3, -0.25) is 4.68 Å². The quantitative estimate of drug-likeness (QED) is 0.871. The van der Waals surface area contributed by atoms with Crippen molar-refractivity contribution in [1.29, 1.82) is 0 Å². The Labute approximate surface area is 124 Å². The van der Waals surface area contributed by atoms with Crippen molar-refractivity contribution in [1.82, 2.24) is 15.1 Å². The number of halogens is 1. The topological polar surface area (TPSA) is 39.1 Å². The Morgan fingerprint density at radius 1 is 1.53 bits per heavy atom. The second-order valence-electron chi connectivity index (χ2n) is 5.15. The van der Waals surface area contributed by atoms with Crippen molar-refractivity contribution in [3.05, 3.63) is 15.9 Å². The first-order chi connectivity index (χ1) is 9.17. The standard InChI is InChI=1S/C14H24BrN3O/c1-4-16-12(11-6-7-19-9-11)8-13-14(15)10(3)17-18(13)5-2/h11-12,16H,4-9H2,1-3H3. The third kappa shape index (κ3) is 3.38. The van der Waals surface area contributed by atoms with Gasteiger partial charge in [-0.1, -0.05) is 6.92 Å². The summed E-state index contributed by atoms with van der Waals surface area (Å²) in [5.74, 6) is 0.618. The van der Waals surface area contributed by atoms with Gasteiger partial charge in [0.1, 0.15) is 0 Å². The van der Waals surface area contributed by atoms with Gasteiger partial charge in [-0.2, -0.15) is 5.10 Å². The minimum Gasteiger partial charge on any atom is -0.381 e. The lowest BCUT2D eigenvalue weighted by Crippen LogP contribution is -2.39. The molecule has 0 amide bonds. The number of ether oxygens (including phenoxy) is 1. The molecule has 0 aromatic carbocycles. The molecular formula is C14H24BrN3O. The summed E-state index contributed by atoms with van der Waals surface area (Å²) in [6.07, 6.45) is 2.17. The summed E-state index contributed by atoms with van der Waals surface area (Å²) < 4.78 is 8.81. The van der Waals surface area contributed by atoms with Gasteiger partial charge >= 0.3 is 0 Å². The second kappa shape index (κ2) is 6.86. The summed E-state index contributed by atoms with van der Waals surface area (Å²) in [5, 5.41) is 8.20. The molecule has 1 fully saturated rings. The molecule has 0 saturated carbocycles. The minimum atomic E-state index is 0.477. The van der Waals surface area contributed by atoms with Crippen LogP contribution in [0, 0.1) is 12.8 Å². The van der Waals surface area contributed by atoms with E-state index in [4.69, 9.17) is 4.74 Å². The van der Waals surface area contributed by atoms with E-state index in [0.717, 1.165) is 49.3 Å². The SMILES string of the molecule is CCNC(Cc1c(Br)c(C)nn1CC)C1CCOC1. The van der Waals surface area contributed by atoms with Crippen molar-refractivity contribution in [3.63, 3.8) is 0 Å². The summed E-state index contributed by atoms with van der Waals surface area (Å²) >= 11 is 3.69. The lowest BCUT2D eigenvalue weighted by Gasteiger charge is -2.23. The van der Waals surface area contributed by atoms with Gasteiger partial charge in [0.15, 0.2) is 0 Å². The number of rotatable bonds is 6. The largest absolute Gasteiger partial charge is 0.381 e. The predicted molar refractivity (Wildman–Crippen MR) is 80.4 cm³/mol. The zero-order valence-electron chi connectivity index (χ0n) is 12.1. The molecule has 2 rings (SSSR count). The molecule has 2 atom stereocenters. The molecular weight excluding hydrogens is 306 g/mol. The van der Waals surface area contributed by atoms with Crippen LogP contribution in [0.25, 0.3) is 0 Å². The number of hydrogen-bond acceptors (Lipinski definition) is 3. The van der Waals surface area contributed by atoms with Gasteiger partial charge in [-0.15, -0.1) is 0 Å². The Morgan fingerprint density at radius 3 is 2.89 bits per heavy atom. The number of nitrogens with one attached hydrogen (secondary N) is 1. The van der Waals surface area contributed by atoms with Gasteiger partial charge in [-0.05, 0) is 42.7 Å². The fourth-order valence-electron chi connectivity index (χ4n) is 2.81.